The van der Waals surface area contributed by atoms with Crippen LogP contribution in [-0.4, -0.2) is 29.5 Å². The SMILES string of the molecule is CO[C@H]1C[C@@H](O)C=C(O)[C@@H]1C. The summed E-state index contributed by atoms with van der Waals surface area (Å²) in [6.07, 6.45) is 1.42. The van der Waals surface area contributed by atoms with Crippen molar-refractivity contribution in [2.45, 2.75) is 25.6 Å². The first-order valence-electron chi connectivity index (χ1n) is 3.76. The molecule has 3 atom stereocenters. The maximum Gasteiger partial charge on any atom is 0.0962 e. The molecule has 0 amide bonds. The molecule has 3 nitrogen and oxygen atoms in total. The Balaban J connectivity index is 2.69. The number of ether oxygens (including phenoxy) is 1. The minimum absolute atomic E-state index is 0.00315. The van der Waals surface area contributed by atoms with Crippen molar-refractivity contribution in [1.82, 2.24) is 0 Å². The second-order valence-corrected chi connectivity index (χ2v) is 2.96. The summed E-state index contributed by atoms with van der Waals surface area (Å²) in [5.74, 6) is 0.235. The third-order valence-electron chi connectivity index (χ3n) is 2.16. The Bertz CT molecular complexity index is 165. The van der Waals surface area contributed by atoms with E-state index in [1.807, 2.05) is 6.92 Å². The molecule has 2 N–H and O–H groups in total. The van der Waals surface area contributed by atoms with Gasteiger partial charge in [0.2, 0.25) is 0 Å². The van der Waals surface area contributed by atoms with E-state index in [2.05, 4.69) is 0 Å². The summed E-state index contributed by atoms with van der Waals surface area (Å²) in [6.45, 7) is 1.88. The molecular formula is C8H14O3. The third kappa shape index (κ3) is 1.73. The van der Waals surface area contributed by atoms with E-state index in [1.165, 1.54) is 6.08 Å². The molecule has 0 aromatic carbocycles. The molecule has 0 aromatic rings. The fourth-order valence-corrected chi connectivity index (χ4v) is 1.35. The molecule has 0 saturated heterocycles. The number of hydrogen-bond acceptors (Lipinski definition) is 3. The van der Waals surface area contributed by atoms with Crippen molar-refractivity contribution in [2.24, 2.45) is 5.92 Å². The summed E-state index contributed by atoms with van der Waals surface area (Å²) >= 11 is 0. The van der Waals surface area contributed by atoms with Crippen LogP contribution in [0.1, 0.15) is 13.3 Å². The highest BCUT2D eigenvalue weighted by Gasteiger charge is 2.27. The summed E-state index contributed by atoms with van der Waals surface area (Å²) < 4.78 is 5.08. The molecular weight excluding hydrogens is 144 g/mol. The van der Waals surface area contributed by atoms with Crippen LogP contribution in [0.4, 0.5) is 0 Å². The van der Waals surface area contributed by atoms with Crippen molar-refractivity contribution in [1.29, 1.82) is 0 Å². The maximum absolute atomic E-state index is 9.27. The Hall–Kier alpha value is -0.540. The van der Waals surface area contributed by atoms with Gasteiger partial charge in [0.25, 0.3) is 0 Å². The van der Waals surface area contributed by atoms with Crippen molar-refractivity contribution < 1.29 is 14.9 Å². The Labute approximate surface area is 66.3 Å². The van der Waals surface area contributed by atoms with Gasteiger partial charge in [-0.3, -0.25) is 0 Å². The average molecular weight is 158 g/mol. The zero-order valence-electron chi connectivity index (χ0n) is 6.82. The molecule has 0 aromatic heterocycles. The minimum Gasteiger partial charge on any atom is -0.512 e. The third-order valence-corrected chi connectivity index (χ3v) is 2.16. The molecule has 1 aliphatic rings. The summed E-state index contributed by atoms with van der Waals surface area (Å²) in [5.41, 5.74) is 0. The summed E-state index contributed by atoms with van der Waals surface area (Å²) in [7, 11) is 1.59. The van der Waals surface area contributed by atoms with Crippen LogP contribution in [-0.2, 0) is 4.74 Å². The molecule has 1 aliphatic carbocycles. The Morgan fingerprint density at radius 2 is 2.27 bits per heavy atom. The molecule has 64 valence electrons. The lowest BCUT2D eigenvalue weighted by atomic mass is 9.91. The molecule has 0 spiro atoms. The monoisotopic (exact) mass is 158 g/mol. The standard InChI is InChI=1S/C8H14O3/c1-5-7(10)3-6(9)4-8(5)11-2/h3,5-6,8-10H,4H2,1-2H3/t5-,6-,8-/m0/s1. The number of hydrogen-bond donors (Lipinski definition) is 2. The van der Waals surface area contributed by atoms with E-state index in [1.54, 1.807) is 7.11 Å². The van der Waals surface area contributed by atoms with Crippen LogP contribution in [0.5, 0.6) is 0 Å². The van der Waals surface area contributed by atoms with Crippen LogP contribution in [0.2, 0.25) is 0 Å². The van der Waals surface area contributed by atoms with Gasteiger partial charge in [-0.05, 0) is 6.08 Å². The highest BCUT2D eigenvalue weighted by atomic mass is 16.5. The maximum atomic E-state index is 9.27. The Morgan fingerprint density at radius 1 is 1.64 bits per heavy atom. The normalized spacial score (nSPS) is 38.5. The van der Waals surface area contributed by atoms with Crippen molar-refractivity contribution in [2.75, 3.05) is 7.11 Å². The van der Waals surface area contributed by atoms with Crippen molar-refractivity contribution in [3.05, 3.63) is 11.8 Å². The lowest BCUT2D eigenvalue weighted by Gasteiger charge is -2.28. The van der Waals surface area contributed by atoms with Crippen LogP contribution >= 0.6 is 0 Å². The number of rotatable bonds is 1. The first-order valence-corrected chi connectivity index (χ1v) is 3.76. The summed E-state index contributed by atoms with van der Waals surface area (Å²) in [6, 6.07) is 0. The largest absolute Gasteiger partial charge is 0.512 e. The highest BCUT2D eigenvalue weighted by Crippen LogP contribution is 2.24. The minimum atomic E-state index is -0.559. The van der Waals surface area contributed by atoms with Gasteiger partial charge in [0.15, 0.2) is 0 Å². The topological polar surface area (TPSA) is 49.7 Å². The zero-order valence-corrected chi connectivity index (χ0v) is 6.82. The molecule has 0 heterocycles. The van der Waals surface area contributed by atoms with E-state index < -0.39 is 6.10 Å². The lowest BCUT2D eigenvalue weighted by molar-refractivity contribution is 0.0103. The molecule has 0 fully saturated rings. The summed E-state index contributed by atoms with van der Waals surface area (Å²) in [4.78, 5) is 0. The van der Waals surface area contributed by atoms with Crippen LogP contribution in [0.15, 0.2) is 11.8 Å². The fraction of sp³-hybridized carbons (Fsp3) is 0.750. The van der Waals surface area contributed by atoms with E-state index in [-0.39, 0.29) is 17.8 Å². The molecule has 0 saturated carbocycles. The van der Waals surface area contributed by atoms with Gasteiger partial charge < -0.3 is 14.9 Å². The van der Waals surface area contributed by atoms with Crippen molar-refractivity contribution in [3.63, 3.8) is 0 Å². The van der Waals surface area contributed by atoms with E-state index in [0.717, 1.165) is 0 Å². The van der Waals surface area contributed by atoms with Crippen LogP contribution in [0.25, 0.3) is 0 Å². The molecule has 11 heavy (non-hydrogen) atoms. The molecule has 0 radical (unpaired) electrons. The Morgan fingerprint density at radius 3 is 2.82 bits per heavy atom. The fourth-order valence-electron chi connectivity index (χ4n) is 1.35. The van der Waals surface area contributed by atoms with Gasteiger partial charge in [-0.2, -0.15) is 0 Å². The van der Waals surface area contributed by atoms with Crippen LogP contribution < -0.4 is 0 Å². The number of methoxy groups -OCH3 is 1. The van der Waals surface area contributed by atoms with Crippen molar-refractivity contribution >= 4 is 0 Å². The van der Waals surface area contributed by atoms with E-state index in [4.69, 9.17) is 4.74 Å². The van der Waals surface area contributed by atoms with E-state index in [9.17, 15) is 10.2 Å². The number of aliphatic hydroxyl groups is 2. The molecule has 3 heteroatoms. The van der Waals surface area contributed by atoms with Gasteiger partial charge in [-0.15, -0.1) is 0 Å². The first-order chi connectivity index (χ1) is 5.15. The van der Waals surface area contributed by atoms with E-state index in [0.29, 0.717) is 6.42 Å². The highest BCUT2D eigenvalue weighted by molar-refractivity contribution is 5.07. The van der Waals surface area contributed by atoms with Crippen molar-refractivity contribution in [3.8, 4) is 0 Å². The first kappa shape index (κ1) is 8.56. The van der Waals surface area contributed by atoms with Gasteiger partial charge in [-0.1, -0.05) is 6.92 Å². The number of aliphatic hydroxyl groups excluding tert-OH is 2. The molecule has 0 aliphatic heterocycles. The predicted octanol–water partition coefficient (Wildman–Crippen LogP) is 0.844. The van der Waals surface area contributed by atoms with Gasteiger partial charge in [-0.25, -0.2) is 0 Å². The second kappa shape index (κ2) is 3.24. The van der Waals surface area contributed by atoms with Crippen LogP contribution in [0, 0.1) is 5.92 Å². The Kier molecular flexibility index (Phi) is 2.52. The van der Waals surface area contributed by atoms with Gasteiger partial charge in [0, 0.05) is 19.4 Å². The zero-order chi connectivity index (χ0) is 8.43. The van der Waals surface area contributed by atoms with Crippen LogP contribution in [0.3, 0.4) is 0 Å². The van der Waals surface area contributed by atoms with E-state index >= 15 is 0 Å². The van der Waals surface area contributed by atoms with Gasteiger partial charge >= 0.3 is 0 Å². The summed E-state index contributed by atoms with van der Waals surface area (Å²) in [5, 5.41) is 18.5. The average Bonchev–Trinajstić information content (AvgIpc) is 1.96. The van der Waals surface area contributed by atoms with Gasteiger partial charge in [0.1, 0.15) is 0 Å². The smallest absolute Gasteiger partial charge is 0.0962 e. The van der Waals surface area contributed by atoms with Gasteiger partial charge in [0.05, 0.1) is 18.0 Å². The molecule has 0 unspecified atom stereocenters. The lowest BCUT2D eigenvalue weighted by Crippen LogP contribution is -2.31. The molecule has 0 bridgehead atoms. The second-order valence-electron chi connectivity index (χ2n) is 2.96. The molecule has 1 rings (SSSR count). The quantitative estimate of drug-likeness (QED) is 0.594. The predicted molar refractivity (Wildman–Crippen MR) is 41.3 cm³/mol.